The first kappa shape index (κ1) is 34.5. The Morgan fingerprint density at radius 1 is 1.17 bits per heavy atom. The fraction of sp³-hybridized carbons (Fsp3) is 0.556. The van der Waals surface area contributed by atoms with E-state index in [1.807, 2.05) is 0 Å². The Bertz CT molecular complexity index is 1600. The number of nitrogens with zero attached hydrogens (tertiary/aromatic N) is 1. The van der Waals surface area contributed by atoms with Gasteiger partial charge < -0.3 is 29.7 Å². The van der Waals surface area contributed by atoms with Gasteiger partial charge in [0.25, 0.3) is 0 Å². The van der Waals surface area contributed by atoms with Crippen LogP contribution < -0.4 is 15.8 Å². The average molecular weight is 664 g/mol. The number of allylic oxidation sites excluding steroid dienone is 2. The largest absolute Gasteiger partial charge is 0.457 e. The van der Waals surface area contributed by atoms with Gasteiger partial charge in [-0.1, -0.05) is 64.2 Å². The second-order valence-electron chi connectivity index (χ2n) is 14.9. The van der Waals surface area contributed by atoms with Crippen LogP contribution in [-0.2, 0) is 35.1 Å². The van der Waals surface area contributed by atoms with Crippen LogP contribution in [0.1, 0.15) is 85.3 Å². The van der Waals surface area contributed by atoms with Crippen LogP contribution in [0.5, 0.6) is 0 Å². The van der Waals surface area contributed by atoms with Crippen molar-refractivity contribution >= 4 is 43.2 Å². The number of rotatable bonds is 9. The number of hydrogen-bond donors (Lipinski definition) is 2. The Morgan fingerprint density at radius 3 is 2.55 bits per heavy atom. The van der Waals surface area contributed by atoms with Crippen LogP contribution in [0.15, 0.2) is 46.6 Å². The van der Waals surface area contributed by atoms with E-state index in [2.05, 4.69) is 73.7 Å². The van der Waals surface area contributed by atoms with Crippen molar-refractivity contribution in [3.63, 3.8) is 0 Å². The van der Waals surface area contributed by atoms with E-state index in [9.17, 15) is 19.2 Å². The number of carbonyl (C=O) groups is 4. The summed E-state index contributed by atoms with van der Waals surface area (Å²) in [5.41, 5.74) is 2.76. The molecule has 0 saturated heterocycles. The number of amides is 1. The monoisotopic (exact) mass is 663 g/mol. The SMILES string of the molecule is CCC1(OC(=O)CCCNC(=O)OC(C)(C)C)C(=O)OCC2=C1CC1=C(C2=O)N2Cc3c(cccc3[Si](C)(C)C(C)C(C)C)C=C2N1. The first-order valence-electron chi connectivity index (χ1n) is 16.7. The maximum Gasteiger partial charge on any atom is 0.407 e. The minimum Gasteiger partial charge on any atom is -0.457 e. The minimum atomic E-state index is -1.85. The van der Waals surface area contributed by atoms with E-state index < -0.39 is 37.3 Å². The number of hydrogen-bond acceptors (Lipinski definition) is 9. The van der Waals surface area contributed by atoms with Crippen molar-refractivity contribution in [2.75, 3.05) is 13.2 Å². The predicted molar refractivity (Wildman–Crippen MR) is 182 cm³/mol. The summed E-state index contributed by atoms with van der Waals surface area (Å²) < 4.78 is 16.7. The van der Waals surface area contributed by atoms with Crippen LogP contribution in [0.2, 0.25) is 18.6 Å². The van der Waals surface area contributed by atoms with Gasteiger partial charge in [0.1, 0.15) is 23.7 Å². The molecule has 2 unspecified atom stereocenters. The van der Waals surface area contributed by atoms with E-state index in [4.69, 9.17) is 14.2 Å². The smallest absolute Gasteiger partial charge is 0.407 e. The molecule has 1 aromatic carbocycles. The molecule has 10 nitrogen and oxygen atoms in total. The lowest BCUT2D eigenvalue weighted by Crippen LogP contribution is -2.51. The molecule has 0 spiro atoms. The third-order valence-corrected chi connectivity index (χ3v) is 15.0. The van der Waals surface area contributed by atoms with E-state index in [0.29, 0.717) is 40.5 Å². The highest BCUT2D eigenvalue weighted by atomic mass is 28.3. The number of benzene rings is 1. The van der Waals surface area contributed by atoms with Gasteiger partial charge in [-0.05, 0) is 62.3 Å². The van der Waals surface area contributed by atoms with Crippen molar-refractivity contribution in [3.05, 3.63) is 57.7 Å². The lowest BCUT2D eigenvalue weighted by atomic mass is 9.78. The van der Waals surface area contributed by atoms with Crippen LogP contribution in [0.25, 0.3) is 6.08 Å². The lowest BCUT2D eigenvalue weighted by molar-refractivity contribution is -0.180. The molecule has 0 bridgehead atoms. The van der Waals surface area contributed by atoms with Gasteiger partial charge in [-0.2, -0.15) is 0 Å². The molecule has 0 aromatic heterocycles. The molecule has 2 atom stereocenters. The summed E-state index contributed by atoms with van der Waals surface area (Å²) in [7, 11) is -1.85. The summed E-state index contributed by atoms with van der Waals surface area (Å²) in [6, 6.07) is 6.54. The van der Waals surface area contributed by atoms with Gasteiger partial charge in [-0.15, -0.1) is 0 Å². The normalized spacial score (nSPS) is 21.2. The molecule has 0 saturated carbocycles. The van der Waals surface area contributed by atoms with E-state index in [1.54, 1.807) is 27.7 Å². The zero-order valence-corrected chi connectivity index (χ0v) is 30.2. The molecule has 4 aliphatic rings. The standard InChI is InChI=1S/C36H49N3O7Si/c1-10-36(45-30(40)15-12-16-37-34(43)46-35(5,6)7)26-18-27-31(32(41)25(26)20-44-33(36)42)39-19-24-23(17-29(39)38-27)13-11-14-28(24)47(8,9)22(4)21(2)3/h11,13-14,17,21-22,38H,10,12,15-16,18-20H2,1-9H3,(H,37,43). The number of esters is 2. The van der Waals surface area contributed by atoms with Gasteiger partial charge in [-0.3, -0.25) is 9.59 Å². The fourth-order valence-corrected chi connectivity index (χ4v) is 10.8. The molecule has 1 aliphatic carbocycles. The van der Waals surface area contributed by atoms with E-state index >= 15 is 0 Å². The Morgan fingerprint density at radius 2 is 1.89 bits per heavy atom. The number of cyclic esters (lactones) is 1. The van der Waals surface area contributed by atoms with Crippen LogP contribution >= 0.6 is 0 Å². The molecule has 1 aromatic rings. The average Bonchev–Trinajstić information content (AvgIpc) is 3.35. The summed E-state index contributed by atoms with van der Waals surface area (Å²) >= 11 is 0. The third kappa shape index (κ3) is 6.38. The summed E-state index contributed by atoms with van der Waals surface area (Å²) in [4.78, 5) is 54.7. The number of alkyl carbamates (subject to hydrolysis) is 1. The van der Waals surface area contributed by atoms with Crippen LogP contribution in [-0.4, -0.2) is 61.1 Å². The number of ether oxygens (including phenoxy) is 3. The molecule has 5 rings (SSSR count). The zero-order chi connectivity index (χ0) is 34.5. The summed E-state index contributed by atoms with van der Waals surface area (Å²) in [5, 5.41) is 7.51. The lowest BCUT2D eigenvalue weighted by Gasteiger charge is -2.40. The van der Waals surface area contributed by atoms with Crippen molar-refractivity contribution in [3.8, 4) is 0 Å². The summed E-state index contributed by atoms with van der Waals surface area (Å²) in [6.07, 6.45) is 2.17. The molecule has 1 amide bonds. The zero-order valence-electron chi connectivity index (χ0n) is 29.2. The van der Waals surface area contributed by atoms with Gasteiger partial charge >= 0.3 is 18.0 Å². The Labute approximate surface area is 279 Å². The summed E-state index contributed by atoms with van der Waals surface area (Å²) in [6.45, 7) is 19.5. The van der Waals surface area contributed by atoms with Gasteiger partial charge in [0.05, 0.1) is 14.6 Å². The third-order valence-electron chi connectivity index (χ3n) is 10.2. The van der Waals surface area contributed by atoms with Crippen LogP contribution in [0, 0.1) is 5.92 Å². The molecular formula is C36H49N3O7Si. The predicted octanol–water partition coefficient (Wildman–Crippen LogP) is 5.40. The fourth-order valence-electron chi connectivity index (χ4n) is 7.13. The minimum absolute atomic E-state index is 0.0378. The number of Topliss-reactive ketones (excluding diaryl/α,β-unsaturated/α-hetero) is 1. The summed E-state index contributed by atoms with van der Waals surface area (Å²) in [5.74, 6) is -0.109. The molecule has 47 heavy (non-hydrogen) atoms. The van der Waals surface area contributed by atoms with E-state index in [-0.39, 0.29) is 44.6 Å². The van der Waals surface area contributed by atoms with Crippen molar-refractivity contribution in [1.29, 1.82) is 0 Å². The van der Waals surface area contributed by atoms with Gasteiger partial charge in [0.2, 0.25) is 11.4 Å². The van der Waals surface area contributed by atoms with E-state index in [1.165, 1.54) is 10.8 Å². The van der Waals surface area contributed by atoms with Crippen molar-refractivity contribution in [2.24, 2.45) is 5.92 Å². The first-order chi connectivity index (χ1) is 22.0. The highest BCUT2D eigenvalue weighted by Gasteiger charge is 2.54. The molecule has 0 fully saturated rings. The van der Waals surface area contributed by atoms with Gasteiger partial charge in [0.15, 0.2) is 0 Å². The van der Waals surface area contributed by atoms with E-state index in [0.717, 1.165) is 11.4 Å². The van der Waals surface area contributed by atoms with Crippen molar-refractivity contribution < 1.29 is 33.4 Å². The highest BCUT2D eigenvalue weighted by Crippen LogP contribution is 2.46. The number of ketones is 1. The molecule has 3 aliphatic heterocycles. The van der Waals surface area contributed by atoms with Crippen molar-refractivity contribution in [2.45, 2.75) is 111 Å². The quantitative estimate of drug-likeness (QED) is 0.155. The van der Waals surface area contributed by atoms with Gasteiger partial charge in [-0.25, -0.2) is 9.59 Å². The molecule has 2 N–H and O–H groups in total. The molecule has 254 valence electrons. The Balaban J connectivity index is 1.36. The molecule has 3 heterocycles. The number of nitrogens with one attached hydrogen (secondary N) is 2. The number of carbonyl (C=O) groups excluding carboxylic acids is 4. The van der Waals surface area contributed by atoms with Gasteiger partial charge in [0, 0.05) is 36.2 Å². The van der Waals surface area contributed by atoms with Crippen LogP contribution in [0.4, 0.5) is 4.79 Å². The maximum absolute atomic E-state index is 14.3. The molecule has 11 heteroatoms. The highest BCUT2D eigenvalue weighted by molar-refractivity contribution is 6.91. The first-order valence-corrected chi connectivity index (χ1v) is 19.8. The Kier molecular flexibility index (Phi) is 9.26. The Hall–Kier alpha value is -3.86. The second kappa shape index (κ2) is 12.6. The molecule has 0 radical (unpaired) electrons. The maximum atomic E-state index is 14.3. The van der Waals surface area contributed by atoms with Crippen LogP contribution in [0.3, 0.4) is 0 Å². The van der Waals surface area contributed by atoms with Crippen molar-refractivity contribution in [1.82, 2.24) is 15.5 Å². The number of fused-ring (bicyclic) bond motifs is 3. The molecular weight excluding hydrogens is 614 g/mol. The topological polar surface area (TPSA) is 123 Å². The second-order valence-corrected chi connectivity index (χ2v) is 19.8.